The molecule has 1 fully saturated rings. The first-order chi connectivity index (χ1) is 7.36. The number of rotatable bonds is 4. The van der Waals surface area contributed by atoms with E-state index in [9.17, 15) is 0 Å². The molecule has 1 aromatic rings. The highest BCUT2D eigenvalue weighted by Crippen LogP contribution is 2.02. The molecular weight excluding hydrogens is 188 g/mol. The van der Waals surface area contributed by atoms with Gasteiger partial charge in [0, 0.05) is 38.4 Å². The van der Waals surface area contributed by atoms with Gasteiger partial charge in [-0.15, -0.1) is 0 Å². The summed E-state index contributed by atoms with van der Waals surface area (Å²) in [7, 11) is 2.05. The Morgan fingerprint density at radius 3 is 3.00 bits per heavy atom. The van der Waals surface area contributed by atoms with Gasteiger partial charge in [-0.3, -0.25) is 0 Å². The first kappa shape index (κ1) is 10.6. The van der Waals surface area contributed by atoms with Crippen molar-refractivity contribution in [3.63, 3.8) is 0 Å². The first-order valence-electron chi connectivity index (χ1n) is 5.76. The number of piperidine rings is 1. The summed E-state index contributed by atoms with van der Waals surface area (Å²) in [5.74, 6) is 1.16. The Morgan fingerprint density at radius 2 is 2.33 bits per heavy atom. The van der Waals surface area contributed by atoms with Crippen LogP contribution in [0.5, 0.6) is 0 Å². The molecule has 2 N–H and O–H groups in total. The highest BCUT2D eigenvalue weighted by molar-refractivity contribution is 4.91. The largest absolute Gasteiger partial charge is 0.338 e. The van der Waals surface area contributed by atoms with Crippen molar-refractivity contribution >= 4 is 0 Å². The van der Waals surface area contributed by atoms with E-state index in [4.69, 9.17) is 0 Å². The average Bonchev–Trinajstić information content (AvgIpc) is 2.66. The minimum Gasteiger partial charge on any atom is -0.338 e. The van der Waals surface area contributed by atoms with Crippen molar-refractivity contribution in [1.29, 1.82) is 0 Å². The molecule has 1 saturated heterocycles. The fraction of sp³-hybridized carbons (Fsp3) is 0.727. The predicted molar refractivity (Wildman–Crippen MR) is 60.8 cm³/mol. The van der Waals surface area contributed by atoms with Crippen LogP contribution in [0.25, 0.3) is 0 Å². The van der Waals surface area contributed by atoms with Gasteiger partial charge in [-0.2, -0.15) is 0 Å². The lowest BCUT2D eigenvalue weighted by atomic mass is 10.1. The van der Waals surface area contributed by atoms with E-state index in [1.54, 1.807) is 0 Å². The summed E-state index contributed by atoms with van der Waals surface area (Å²) < 4.78 is 2.09. The molecule has 0 bridgehead atoms. The van der Waals surface area contributed by atoms with E-state index < -0.39 is 0 Å². The lowest BCUT2D eigenvalue weighted by Gasteiger charge is -2.23. The van der Waals surface area contributed by atoms with Gasteiger partial charge in [0.2, 0.25) is 0 Å². The number of aryl methyl sites for hydroxylation is 1. The highest BCUT2D eigenvalue weighted by atomic mass is 15.0. The topological polar surface area (TPSA) is 41.9 Å². The molecule has 0 aromatic carbocycles. The molecular formula is C11H20N4. The van der Waals surface area contributed by atoms with Crippen molar-refractivity contribution in [2.75, 3.05) is 19.6 Å². The summed E-state index contributed by atoms with van der Waals surface area (Å²) >= 11 is 0. The molecule has 0 radical (unpaired) electrons. The van der Waals surface area contributed by atoms with Crippen molar-refractivity contribution in [2.24, 2.45) is 7.05 Å². The van der Waals surface area contributed by atoms with Crippen LogP contribution in [0.3, 0.4) is 0 Å². The van der Waals surface area contributed by atoms with Gasteiger partial charge < -0.3 is 15.2 Å². The fourth-order valence-corrected chi connectivity index (χ4v) is 2.05. The average molecular weight is 208 g/mol. The third kappa shape index (κ3) is 3.04. The van der Waals surface area contributed by atoms with Gasteiger partial charge in [-0.25, -0.2) is 4.98 Å². The Kier molecular flexibility index (Phi) is 3.75. The number of hydrogen-bond acceptors (Lipinski definition) is 3. The van der Waals surface area contributed by atoms with Crippen molar-refractivity contribution in [2.45, 2.75) is 25.3 Å². The highest BCUT2D eigenvalue weighted by Gasteiger charge is 2.11. The van der Waals surface area contributed by atoms with E-state index >= 15 is 0 Å². The number of aromatic nitrogens is 2. The normalized spacial score (nSPS) is 18.2. The van der Waals surface area contributed by atoms with Crippen LogP contribution in [0.2, 0.25) is 0 Å². The van der Waals surface area contributed by atoms with Gasteiger partial charge in [0.25, 0.3) is 0 Å². The third-order valence-electron chi connectivity index (χ3n) is 3.04. The van der Waals surface area contributed by atoms with Crippen molar-refractivity contribution < 1.29 is 0 Å². The zero-order valence-corrected chi connectivity index (χ0v) is 9.37. The summed E-state index contributed by atoms with van der Waals surface area (Å²) in [4.78, 5) is 4.31. The SMILES string of the molecule is Cn1ccnc1CCNC1CCNCC1. The smallest absolute Gasteiger partial charge is 0.109 e. The maximum absolute atomic E-state index is 4.31. The molecule has 0 saturated carbocycles. The van der Waals surface area contributed by atoms with Gasteiger partial charge >= 0.3 is 0 Å². The Balaban J connectivity index is 1.68. The number of nitrogens with one attached hydrogen (secondary N) is 2. The van der Waals surface area contributed by atoms with Gasteiger partial charge in [0.05, 0.1) is 0 Å². The lowest BCUT2D eigenvalue weighted by molar-refractivity contribution is 0.388. The second-order valence-corrected chi connectivity index (χ2v) is 4.18. The molecule has 0 atom stereocenters. The molecule has 15 heavy (non-hydrogen) atoms. The van der Waals surface area contributed by atoms with E-state index in [1.165, 1.54) is 12.8 Å². The van der Waals surface area contributed by atoms with Crippen LogP contribution >= 0.6 is 0 Å². The third-order valence-corrected chi connectivity index (χ3v) is 3.04. The van der Waals surface area contributed by atoms with Crippen molar-refractivity contribution in [1.82, 2.24) is 20.2 Å². The van der Waals surface area contributed by atoms with Crippen molar-refractivity contribution in [3.8, 4) is 0 Å². The van der Waals surface area contributed by atoms with Crippen LogP contribution < -0.4 is 10.6 Å². The quantitative estimate of drug-likeness (QED) is 0.748. The maximum Gasteiger partial charge on any atom is 0.109 e. The molecule has 0 aliphatic carbocycles. The molecule has 1 aromatic heterocycles. The molecule has 1 aliphatic heterocycles. The number of imidazole rings is 1. The summed E-state index contributed by atoms with van der Waals surface area (Å²) in [6.07, 6.45) is 7.38. The fourth-order valence-electron chi connectivity index (χ4n) is 2.05. The zero-order chi connectivity index (χ0) is 10.5. The molecule has 4 heteroatoms. The predicted octanol–water partition coefficient (Wildman–Crippen LogP) is 0.304. The van der Waals surface area contributed by atoms with Crippen LogP contribution in [-0.2, 0) is 13.5 Å². The Bertz CT molecular complexity index is 289. The van der Waals surface area contributed by atoms with Gasteiger partial charge in [0.1, 0.15) is 5.82 Å². The standard InChI is InChI=1S/C11H20N4/c1-15-9-8-14-11(15)4-7-13-10-2-5-12-6-3-10/h8-10,12-13H,2-7H2,1H3. The number of nitrogens with zero attached hydrogens (tertiary/aromatic N) is 2. The van der Waals surface area contributed by atoms with E-state index in [2.05, 4.69) is 20.2 Å². The summed E-state index contributed by atoms with van der Waals surface area (Å²) in [5, 5.41) is 6.97. The second kappa shape index (κ2) is 5.28. The van der Waals surface area contributed by atoms with E-state index in [1.807, 2.05) is 19.4 Å². The monoisotopic (exact) mass is 208 g/mol. The molecule has 4 nitrogen and oxygen atoms in total. The molecule has 0 spiro atoms. The first-order valence-corrected chi connectivity index (χ1v) is 5.76. The Labute approximate surface area is 91.1 Å². The van der Waals surface area contributed by atoms with E-state index in [0.717, 1.165) is 31.9 Å². The molecule has 0 amide bonds. The van der Waals surface area contributed by atoms with E-state index in [-0.39, 0.29) is 0 Å². The number of hydrogen-bond donors (Lipinski definition) is 2. The molecule has 1 aliphatic rings. The van der Waals surface area contributed by atoms with Gasteiger partial charge in [-0.05, 0) is 25.9 Å². The molecule has 2 rings (SSSR count). The van der Waals surface area contributed by atoms with Crippen molar-refractivity contribution in [3.05, 3.63) is 18.2 Å². The lowest BCUT2D eigenvalue weighted by Crippen LogP contribution is -2.40. The Hall–Kier alpha value is -0.870. The van der Waals surface area contributed by atoms with Crippen LogP contribution in [0.15, 0.2) is 12.4 Å². The minimum atomic E-state index is 0.700. The van der Waals surface area contributed by atoms with Gasteiger partial charge in [0.15, 0.2) is 0 Å². The Morgan fingerprint density at radius 1 is 1.53 bits per heavy atom. The summed E-state index contributed by atoms with van der Waals surface area (Å²) in [6.45, 7) is 3.34. The molecule has 84 valence electrons. The van der Waals surface area contributed by atoms with Crippen LogP contribution in [0.4, 0.5) is 0 Å². The summed E-state index contributed by atoms with van der Waals surface area (Å²) in [5.41, 5.74) is 0. The molecule has 2 heterocycles. The van der Waals surface area contributed by atoms with Crippen LogP contribution in [-0.4, -0.2) is 35.2 Å². The summed E-state index contributed by atoms with van der Waals surface area (Å²) in [6, 6.07) is 0.700. The maximum atomic E-state index is 4.31. The van der Waals surface area contributed by atoms with Gasteiger partial charge in [-0.1, -0.05) is 0 Å². The zero-order valence-electron chi connectivity index (χ0n) is 9.37. The van der Waals surface area contributed by atoms with E-state index in [0.29, 0.717) is 6.04 Å². The minimum absolute atomic E-state index is 0.700. The second-order valence-electron chi connectivity index (χ2n) is 4.18. The molecule has 0 unspecified atom stereocenters. The van der Waals surface area contributed by atoms with Crippen LogP contribution in [0, 0.1) is 0 Å². The van der Waals surface area contributed by atoms with Crippen LogP contribution in [0.1, 0.15) is 18.7 Å².